The molecule has 94 valence electrons. The van der Waals surface area contributed by atoms with Crippen LogP contribution in [0.3, 0.4) is 0 Å². The maximum atomic E-state index is 12.7. The van der Waals surface area contributed by atoms with E-state index in [4.69, 9.17) is 5.73 Å². The number of nitrogen functional groups attached to an aromatic ring is 1. The summed E-state index contributed by atoms with van der Waals surface area (Å²) in [7, 11) is 0. The maximum absolute atomic E-state index is 12.7. The summed E-state index contributed by atoms with van der Waals surface area (Å²) in [6.45, 7) is 1.96. The second kappa shape index (κ2) is 5.77. The molecule has 6 heteroatoms. The van der Waals surface area contributed by atoms with E-state index in [0.717, 1.165) is 11.3 Å². The molecule has 0 bridgehead atoms. The molecule has 0 atom stereocenters. The lowest BCUT2D eigenvalue weighted by Gasteiger charge is -2.03. The first-order valence-corrected chi connectivity index (χ1v) is 6.53. The van der Waals surface area contributed by atoms with E-state index in [1.807, 2.05) is 6.92 Å². The number of aryl methyl sites for hydroxylation is 1. The van der Waals surface area contributed by atoms with Gasteiger partial charge in [0.25, 0.3) is 0 Å². The number of nitrogens with two attached hydrogens (primary N) is 1. The van der Waals surface area contributed by atoms with Gasteiger partial charge in [-0.15, -0.1) is 11.8 Å². The SMILES string of the molecule is CCc1nc(N)nc(CSc2ccc(F)cc2)n1. The van der Waals surface area contributed by atoms with Crippen molar-refractivity contribution in [3.05, 3.63) is 41.7 Å². The average molecular weight is 264 g/mol. The van der Waals surface area contributed by atoms with E-state index in [2.05, 4.69) is 15.0 Å². The van der Waals surface area contributed by atoms with Crippen molar-refractivity contribution in [3.8, 4) is 0 Å². The van der Waals surface area contributed by atoms with Crippen LogP contribution in [0.15, 0.2) is 29.2 Å². The predicted molar refractivity (Wildman–Crippen MR) is 69.6 cm³/mol. The van der Waals surface area contributed by atoms with Crippen molar-refractivity contribution in [2.75, 3.05) is 5.73 Å². The highest BCUT2D eigenvalue weighted by Gasteiger charge is 2.04. The third-order valence-electron chi connectivity index (χ3n) is 2.24. The van der Waals surface area contributed by atoms with Gasteiger partial charge in [-0.1, -0.05) is 6.92 Å². The second-order valence-electron chi connectivity index (χ2n) is 3.62. The summed E-state index contributed by atoms with van der Waals surface area (Å²) in [6.07, 6.45) is 0.723. The van der Waals surface area contributed by atoms with E-state index in [-0.39, 0.29) is 11.8 Å². The molecule has 1 aromatic heterocycles. The Kier molecular flexibility index (Phi) is 4.09. The van der Waals surface area contributed by atoms with Gasteiger partial charge < -0.3 is 5.73 Å². The van der Waals surface area contributed by atoms with Crippen molar-refractivity contribution in [1.82, 2.24) is 15.0 Å². The first-order chi connectivity index (χ1) is 8.67. The van der Waals surface area contributed by atoms with Gasteiger partial charge in [0, 0.05) is 11.3 Å². The third kappa shape index (κ3) is 3.40. The second-order valence-corrected chi connectivity index (χ2v) is 4.67. The average Bonchev–Trinajstić information content (AvgIpc) is 2.37. The number of rotatable bonds is 4. The summed E-state index contributed by atoms with van der Waals surface area (Å²) in [5.41, 5.74) is 5.60. The number of thioether (sulfide) groups is 1. The fraction of sp³-hybridized carbons (Fsp3) is 0.250. The lowest BCUT2D eigenvalue weighted by atomic mass is 10.4. The number of anilines is 1. The molecule has 0 aliphatic rings. The number of halogens is 1. The van der Waals surface area contributed by atoms with E-state index in [0.29, 0.717) is 17.4 Å². The molecule has 2 aromatic rings. The van der Waals surface area contributed by atoms with Crippen LogP contribution in [0.5, 0.6) is 0 Å². The van der Waals surface area contributed by atoms with Gasteiger partial charge in [-0.3, -0.25) is 0 Å². The molecule has 4 nitrogen and oxygen atoms in total. The molecule has 0 aliphatic heterocycles. The lowest BCUT2D eigenvalue weighted by molar-refractivity contribution is 0.626. The van der Waals surface area contributed by atoms with Crippen molar-refractivity contribution in [3.63, 3.8) is 0 Å². The number of nitrogens with zero attached hydrogens (tertiary/aromatic N) is 3. The molecule has 0 saturated carbocycles. The number of hydrogen-bond donors (Lipinski definition) is 1. The zero-order chi connectivity index (χ0) is 13.0. The summed E-state index contributed by atoms with van der Waals surface area (Å²) >= 11 is 1.54. The van der Waals surface area contributed by atoms with Crippen LogP contribution in [0, 0.1) is 5.82 Å². The Balaban J connectivity index is 2.05. The summed E-state index contributed by atoms with van der Waals surface area (Å²) in [5.74, 6) is 1.94. The van der Waals surface area contributed by atoms with Gasteiger partial charge in [0.1, 0.15) is 17.5 Å². The van der Waals surface area contributed by atoms with Crippen molar-refractivity contribution >= 4 is 17.7 Å². The van der Waals surface area contributed by atoms with Crippen LogP contribution in [-0.4, -0.2) is 15.0 Å². The molecule has 0 fully saturated rings. The first-order valence-electron chi connectivity index (χ1n) is 5.55. The summed E-state index contributed by atoms with van der Waals surface area (Å²) in [6, 6.07) is 6.32. The predicted octanol–water partition coefficient (Wildman–Crippen LogP) is 2.45. The Hall–Kier alpha value is -1.69. The Morgan fingerprint density at radius 2 is 1.78 bits per heavy atom. The Bertz CT molecular complexity index is 530. The van der Waals surface area contributed by atoms with E-state index in [1.54, 1.807) is 12.1 Å². The minimum Gasteiger partial charge on any atom is -0.368 e. The zero-order valence-corrected chi connectivity index (χ0v) is 10.7. The minimum absolute atomic E-state index is 0.239. The van der Waals surface area contributed by atoms with Gasteiger partial charge in [0.05, 0.1) is 5.75 Å². The van der Waals surface area contributed by atoms with Crippen molar-refractivity contribution in [2.45, 2.75) is 24.0 Å². The summed E-state index contributed by atoms with van der Waals surface area (Å²) < 4.78 is 12.7. The fourth-order valence-corrected chi connectivity index (χ4v) is 2.14. The van der Waals surface area contributed by atoms with E-state index in [1.165, 1.54) is 23.9 Å². The van der Waals surface area contributed by atoms with Gasteiger partial charge in [-0.05, 0) is 24.3 Å². The molecule has 18 heavy (non-hydrogen) atoms. The van der Waals surface area contributed by atoms with E-state index < -0.39 is 0 Å². The van der Waals surface area contributed by atoms with Gasteiger partial charge in [-0.25, -0.2) is 9.37 Å². The highest BCUT2D eigenvalue weighted by molar-refractivity contribution is 7.98. The molecule has 0 saturated heterocycles. The van der Waals surface area contributed by atoms with E-state index in [9.17, 15) is 4.39 Å². The van der Waals surface area contributed by atoms with Crippen molar-refractivity contribution in [1.29, 1.82) is 0 Å². The standard InChI is InChI=1S/C12H13FN4S/c1-2-10-15-11(17-12(14)16-10)7-18-9-5-3-8(13)4-6-9/h3-6H,2,7H2,1H3,(H2,14,15,16,17). The third-order valence-corrected chi connectivity index (χ3v) is 3.25. The molecule has 0 radical (unpaired) electrons. The number of hydrogen-bond acceptors (Lipinski definition) is 5. The van der Waals surface area contributed by atoms with Gasteiger partial charge in [0.2, 0.25) is 5.95 Å². The molecule has 1 heterocycles. The lowest BCUT2D eigenvalue weighted by Crippen LogP contribution is -2.05. The largest absolute Gasteiger partial charge is 0.368 e. The molecular formula is C12H13FN4S. The Morgan fingerprint density at radius 3 is 2.44 bits per heavy atom. The van der Waals surface area contributed by atoms with Crippen molar-refractivity contribution < 1.29 is 4.39 Å². The quantitative estimate of drug-likeness (QED) is 0.859. The highest BCUT2D eigenvalue weighted by Crippen LogP contribution is 2.21. The topological polar surface area (TPSA) is 64.7 Å². The normalized spacial score (nSPS) is 10.6. The van der Waals surface area contributed by atoms with Crippen LogP contribution >= 0.6 is 11.8 Å². The Labute approximate surface area is 109 Å². The van der Waals surface area contributed by atoms with Crippen LogP contribution in [0.4, 0.5) is 10.3 Å². The Morgan fingerprint density at radius 1 is 1.11 bits per heavy atom. The zero-order valence-electron chi connectivity index (χ0n) is 9.93. The minimum atomic E-state index is -0.239. The van der Waals surface area contributed by atoms with Crippen LogP contribution in [0.1, 0.15) is 18.6 Å². The van der Waals surface area contributed by atoms with Crippen LogP contribution < -0.4 is 5.73 Å². The van der Waals surface area contributed by atoms with E-state index >= 15 is 0 Å². The van der Waals surface area contributed by atoms with Gasteiger partial charge in [-0.2, -0.15) is 9.97 Å². The maximum Gasteiger partial charge on any atom is 0.223 e. The molecule has 0 aliphatic carbocycles. The molecule has 0 spiro atoms. The van der Waals surface area contributed by atoms with Crippen LogP contribution in [-0.2, 0) is 12.2 Å². The molecular weight excluding hydrogens is 251 g/mol. The van der Waals surface area contributed by atoms with Crippen LogP contribution in [0.25, 0.3) is 0 Å². The molecule has 2 rings (SSSR count). The summed E-state index contributed by atoms with van der Waals surface area (Å²) in [5, 5.41) is 0. The molecule has 2 N–H and O–H groups in total. The molecule has 1 aromatic carbocycles. The highest BCUT2D eigenvalue weighted by atomic mass is 32.2. The monoisotopic (exact) mass is 264 g/mol. The van der Waals surface area contributed by atoms with Gasteiger partial charge in [0.15, 0.2) is 0 Å². The fourth-order valence-electron chi connectivity index (χ4n) is 1.39. The molecule has 0 amide bonds. The van der Waals surface area contributed by atoms with Crippen LogP contribution in [0.2, 0.25) is 0 Å². The van der Waals surface area contributed by atoms with Crippen molar-refractivity contribution in [2.24, 2.45) is 0 Å². The summed E-state index contributed by atoms with van der Waals surface area (Å²) in [4.78, 5) is 13.3. The number of benzene rings is 1. The molecule has 0 unspecified atom stereocenters. The van der Waals surface area contributed by atoms with Gasteiger partial charge >= 0.3 is 0 Å². The smallest absolute Gasteiger partial charge is 0.223 e. The number of aromatic nitrogens is 3. The first kappa shape index (κ1) is 12.8.